The monoisotopic (exact) mass is 502 g/mol. The number of halogens is 1. The number of fused-ring (bicyclic) bond motifs is 1. The van der Waals surface area contributed by atoms with Gasteiger partial charge in [-0.1, -0.05) is 23.7 Å². The van der Waals surface area contributed by atoms with Gasteiger partial charge in [0.1, 0.15) is 25.5 Å². The lowest BCUT2D eigenvalue weighted by atomic mass is 10.2. The number of nitrogens with one attached hydrogen (secondary N) is 1. The lowest BCUT2D eigenvalue weighted by Gasteiger charge is -2.26. The molecule has 34 heavy (non-hydrogen) atoms. The molecule has 1 N–H and O–H groups in total. The highest BCUT2D eigenvalue weighted by molar-refractivity contribution is 7.92. The Morgan fingerprint density at radius 1 is 1.03 bits per heavy atom. The maximum Gasteiger partial charge on any atom is 0.264 e. The van der Waals surface area contributed by atoms with Crippen LogP contribution >= 0.6 is 11.6 Å². The zero-order valence-electron chi connectivity index (χ0n) is 18.4. The molecular formula is C24H23ClN2O6S. The Labute approximate surface area is 203 Å². The number of hydrogen-bond donors (Lipinski definition) is 1. The third kappa shape index (κ3) is 5.21. The average molecular weight is 503 g/mol. The van der Waals surface area contributed by atoms with Crippen molar-refractivity contribution in [2.75, 3.05) is 36.0 Å². The van der Waals surface area contributed by atoms with E-state index in [0.29, 0.717) is 47.8 Å². The highest BCUT2D eigenvalue weighted by Gasteiger charge is 2.29. The van der Waals surface area contributed by atoms with Gasteiger partial charge in [-0.05, 0) is 55.5 Å². The summed E-state index contributed by atoms with van der Waals surface area (Å²) >= 11 is 5.94. The van der Waals surface area contributed by atoms with E-state index in [1.54, 1.807) is 49.4 Å². The third-order valence-corrected chi connectivity index (χ3v) is 6.97. The van der Waals surface area contributed by atoms with Gasteiger partial charge in [-0.2, -0.15) is 0 Å². The van der Waals surface area contributed by atoms with Gasteiger partial charge in [0.25, 0.3) is 10.0 Å². The smallest absolute Gasteiger partial charge is 0.264 e. The molecule has 1 aliphatic heterocycles. The number of ether oxygens (including phenoxy) is 3. The largest absolute Gasteiger partial charge is 0.492 e. The van der Waals surface area contributed by atoms with Crippen LogP contribution in [0.25, 0.3) is 0 Å². The van der Waals surface area contributed by atoms with Crippen molar-refractivity contribution in [3.05, 3.63) is 71.8 Å². The van der Waals surface area contributed by atoms with Crippen LogP contribution in [0.4, 0.5) is 11.4 Å². The van der Waals surface area contributed by atoms with Crippen molar-refractivity contribution < 1.29 is 27.4 Å². The summed E-state index contributed by atoms with van der Waals surface area (Å²) in [6.07, 6.45) is 0. The molecular weight excluding hydrogens is 480 g/mol. The molecule has 4 rings (SSSR count). The highest BCUT2D eigenvalue weighted by atomic mass is 35.5. The quantitative estimate of drug-likeness (QED) is 0.492. The van der Waals surface area contributed by atoms with Crippen molar-refractivity contribution in [3.8, 4) is 17.2 Å². The van der Waals surface area contributed by atoms with Gasteiger partial charge in [0.05, 0.1) is 17.2 Å². The summed E-state index contributed by atoms with van der Waals surface area (Å²) in [6, 6.07) is 17.4. The molecule has 0 spiro atoms. The van der Waals surface area contributed by atoms with Crippen molar-refractivity contribution in [1.29, 1.82) is 0 Å². The molecule has 1 heterocycles. The minimum atomic E-state index is -4.12. The molecule has 0 bridgehead atoms. The van der Waals surface area contributed by atoms with Crippen LogP contribution in [0.15, 0.2) is 71.6 Å². The Balaban J connectivity index is 1.66. The number of carbonyl (C=O) groups is 1. The lowest BCUT2D eigenvalue weighted by molar-refractivity contribution is -0.114. The molecule has 8 nitrogen and oxygen atoms in total. The van der Waals surface area contributed by atoms with Crippen LogP contribution in [-0.2, 0) is 14.8 Å². The van der Waals surface area contributed by atoms with E-state index in [1.807, 2.05) is 0 Å². The number of carbonyl (C=O) groups excluding carboxylic acids is 1. The minimum absolute atomic E-state index is 0.00432. The topological polar surface area (TPSA) is 94.2 Å². The number of hydrogen-bond acceptors (Lipinski definition) is 6. The Morgan fingerprint density at radius 3 is 2.47 bits per heavy atom. The lowest BCUT2D eigenvalue weighted by Crippen LogP contribution is -2.38. The van der Waals surface area contributed by atoms with E-state index in [0.717, 1.165) is 4.31 Å². The summed E-state index contributed by atoms with van der Waals surface area (Å²) in [7, 11) is -4.12. The van der Waals surface area contributed by atoms with E-state index in [1.165, 1.54) is 24.3 Å². The second kappa shape index (κ2) is 10.2. The molecule has 178 valence electrons. The van der Waals surface area contributed by atoms with Gasteiger partial charge in [0.2, 0.25) is 5.91 Å². The van der Waals surface area contributed by atoms with Gasteiger partial charge >= 0.3 is 0 Å². The van der Waals surface area contributed by atoms with Gasteiger partial charge in [0, 0.05) is 16.8 Å². The minimum Gasteiger partial charge on any atom is -0.492 e. The summed E-state index contributed by atoms with van der Waals surface area (Å²) in [5, 5.41) is 3.13. The Bertz CT molecular complexity index is 1280. The fourth-order valence-electron chi connectivity index (χ4n) is 3.43. The molecule has 1 aliphatic rings. The highest BCUT2D eigenvalue weighted by Crippen LogP contribution is 2.34. The number of benzene rings is 3. The third-order valence-electron chi connectivity index (χ3n) is 4.95. The zero-order valence-corrected chi connectivity index (χ0v) is 19.9. The molecule has 0 atom stereocenters. The fourth-order valence-corrected chi connectivity index (χ4v) is 4.98. The number of anilines is 2. The van der Waals surface area contributed by atoms with Crippen LogP contribution < -0.4 is 23.8 Å². The van der Waals surface area contributed by atoms with Crippen molar-refractivity contribution in [2.45, 2.75) is 11.8 Å². The van der Waals surface area contributed by atoms with Crippen LogP contribution in [0, 0.1) is 0 Å². The summed E-state index contributed by atoms with van der Waals surface area (Å²) < 4.78 is 44.9. The van der Waals surface area contributed by atoms with Crippen molar-refractivity contribution in [3.63, 3.8) is 0 Å². The van der Waals surface area contributed by atoms with E-state index in [-0.39, 0.29) is 10.6 Å². The molecule has 0 unspecified atom stereocenters. The van der Waals surface area contributed by atoms with Crippen LogP contribution in [0.2, 0.25) is 5.02 Å². The standard InChI is InChI=1S/C24H23ClN2O6S/c1-2-31-21-6-4-3-5-20(21)27(34(29,30)19-10-7-17(25)8-11-19)16-24(28)26-18-9-12-22-23(15-18)33-14-13-32-22/h3-12,15H,2,13-14,16H2,1H3,(H,26,28). The molecule has 10 heteroatoms. The van der Waals surface area contributed by atoms with Crippen LogP contribution in [-0.4, -0.2) is 40.7 Å². The number of para-hydroxylation sites is 2. The van der Waals surface area contributed by atoms with E-state index in [4.69, 9.17) is 25.8 Å². The van der Waals surface area contributed by atoms with E-state index < -0.39 is 22.5 Å². The molecule has 0 fully saturated rings. The summed E-state index contributed by atoms with van der Waals surface area (Å²) in [4.78, 5) is 13.0. The molecule has 3 aromatic carbocycles. The first-order valence-electron chi connectivity index (χ1n) is 10.6. The Hall–Kier alpha value is -3.43. The van der Waals surface area contributed by atoms with Crippen LogP contribution in [0.3, 0.4) is 0 Å². The predicted octanol–water partition coefficient (Wildman–Crippen LogP) is 4.34. The maximum atomic E-state index is 13.6. The van der Waals surface area contributed by atoms with Gasteiger partial charge in [-0.25, -0.2) is 8.42 Å². The van der Waals surface area contributed by atoms with Crippen molar-refractivity contribution in [1.82, 2.24) is 0 Å². The van der Waals surface area contributed by atoms with E-state index in [9.17, 15) is 13.2 Å². The Kier molecular flexibility index (Phi) is 7.14. The van der Waals surface area contributed by atoms with Gasteiger partial charge in [0.15, 0.2) is 11.5 Å². The number of nitrogens with zero attached hydrogens (tertiary/aromatic N) is 1. The fraction of sp³-hybridized carbons (Fsp3) is 0.208. The number of amides is 1. The van der Waals surface area contributed by atoms with E-state index >= 15 is 0 Å². The predicted molar refractivity (Wildman–Crippen MR) is 130 cm³/mol. The first kappa shape index (κ1) is 23.7. The van der Waals surface area contributed by atoms with Gasteiger partial charge in [-0.3, -0.25) is 9.10 Å². The first-order valence-corrected chi connectivity index (χ1v) is 12.4. The number of rotatable bonds is 8. The molecule has 0 aliphatic carbocycles. The molecule has 0 radical (unpaired) electrons. The normalized spacial score (nSPS) is 12.6. The van der Waals surface area contributed by atoms with Crippen LogP contribution in [0.5, 0.6) is 17.2 Å². The van der Waals surface area contributed by atoms with Crippen molar-refractivity contribution in [2.24, 2.45) is 0 Å². The molecule has 0 aromatic heterocycles. The maximum absolute atomic E-state index is 13.6. The van der Waals surface area contributed by atoms with Crippen LogP contribution in [0.1, 0.15) is 6.92 Å². The summed E-state index contributed by atoms with van der Waals surface area (Å²) in [6.45, 7) is 2.50. The average Bonchev–Trinajstić information content (AvgIpc) is 2.83. The first-order chi connectivity index (χ1) is 16.4. The van der Waals surface area contributed by atoms with Gasteiger partial charge < -0.3 is 19.5 Å². The van der Waals surface area contributed by atoms with E-state index in [2.05, 4.69) is 5.32 Å². The molecule has 1 amide bonds. The van der Waals surface area contributed by atoms with Crippen molar-refractivity contribution >= 4 is 38.9 Å². The van der Waals surface area contributed by atoms with Gasteiger partial charge in [-0.15, -0.1) is 0 Å². The zero-order chi connectivity index (χ0) is 24.1. The Morgan fingerprint density at radius 2 is 1.74 bits per heavy atom. The summed E-state index contributed by atoms with van der Waals surface area (Å²) in [5.41, 5.74) is 0.702. The molecule has 0 saturated heterocycles. The molecule has 0 saturated carbocycles. The second-order valence-corrected chi connectivity index (χ2v) is 9.57. The second-order valence-electron chi connectivity index (χ2n) is 7.27. The summed E-state index contributed by atoms with van der Waals surface area (Å²) in [5.74, 6) is 0.897. The SMILES string of the molecule is CCOc1ccccc1N(CC(=O)Nc1ccc2c(c1)OCCO2)S(=O)(=O)c1ccc(Cl)cc1. The molecule has 3 aromatic rings. The number of sulfonamides is 1.